The van der Waals surface area contributed by atoms with Crippen molar-refractivity contribution in [2.24, 2.45) is 12.8 Å². The fourth-order valence-electron chi connectivity index (χ4n) is 2.78. The summed E-state index contributed by atoms with van der Waals surface area (Å²) in [4.78, 5) is 9.13. The highest BCUT2D eigenvalue weighted by Gasteiger charge is 2.37. The second-order valence-corrected chi connectivity index (χ2v) is 4.94. The van der Waals surface area contributed by atoms with E-state index in [0.717, 1.165) is 43.0 Å². The van der Waals surface area contributed by atoms with Gasteiger partial charge in [0.05, 0.1) is 0 Å². The number of aromatic nitrogens is 3. The lowest BCUT2D eigenvalue weighted by Crippen LogP contribution is -2.42. The van der Waals surface area contributed by atoms with Gasteiger partial charge in [0.15, 0.2) is 5.65 Å². The Labute approximate surface area is 106 Å². The second-order valence-electron chi connectivity index (χ2n) is 4.94. The minimum atomic E-state index is -0.0618. The first-order valence-corrected chi connectivity index (χ1v) is 6.33. The van der Waals surface area contributed by atoms with Crippen molar-refractivity contribution in [2.45, 2.75) is 18.3 Å². The third-order valence-electron chi connectivity index (χ3n) is 3.94. The van der Waals surface area contributed by atoms with Gasteiger partial charge in [-0.2, -0.15) is 0 Å². The lowest BCUT2D eigenvalue weighted by atomic mass is 9.79. The third-order valence-corrected chi connectivity index (χ3v) is 3.94. The molecule has 0 saturated carbocycles. The van der Waals surface area contributed by atoms with Crippen LogP contribution in [0.3, 0.4) is 0 Å². The molecular weight excluding hydrogens is 228 g/mol. The monoisotopic (exact) mass is 246 g/mol. The van der Waals surface area contributed by atoms with Crippen LogP contribution >= 0.6 is 0 Å². The molecule has 0 unspecified atom stereocenters. The molecule has 5 nitrogen and oxygen atoms in total. The zero-order valence-electron chi connectivity index (χ0n) is 10.6. The summed E-state index contributed by atoms with van der Waals surface area (Å²) in [6.45, 7) is 2.12. The van der Waals surface area contributed by atoms with Crippen molar-refractivity contribution in [1.82, 2.24) is 14.5 Å². The number of hydrogen-bond acceptors (Lipinski definition) is 4. The molecule has 96 valence electrons. The van der Waals surface area contributed by atoms with Crippen molar-refractivity contribution in [1.29, 1.82) is 0 Å². The molecule has 0 atom stereocenters. The molecule has 0 spiro atoms. The van der Waals surface area contributed by atoms with E-state index in [-0.39, 0.29) is 5.41 Å². The van der Waals surface area contributed by atoms with Crippen LogP contribution in [-0.2, 0) is 17.2 Å². The largest absolute Gasteiger partial charge is 0.381 e. The van der Waals surface area contributed by atoms with Gasteiger partial charge >= 0.3 is 0 Å². The van der Waals surface area contributed by atoms with Gasteiger partial charge in [-0.05, 0) is 25.0 Å². The van der Waals surface area contributed by atoms with E-state index in [0.29, 0.717) is 6.54 Å². The van der Waals surface area contributed by atoms with Crippen molar-refractivity contribution < 1.29 is 4.74 Å². The molecule has 3 rings (SSSR count). The maximum atomic E-state index is 6.03. The first-order chi connectivity index (χ1) is 8.77. The summed E-state index contributed by atoms with van der Waals surface area (Å²) in [5.41, 5.74) is 7.83. The molecule has 1 fully saturated rings. The van der Waals surface area contributed by atoms with E-state index in [1.165, 1.54) is 0 Å². The lowest BCUT2D eigenvalue weighted by molar-refractivity contribution is 0.0492. The molecule has 2 aromatic rings. The van der Waals surface area contributed by atoms with Crippen LogP contribution in [-0.4, -0.2) is 34.3 Å². The summed E-state index contributed by atoms with van der Waals surface area (Å²) in [6, 6.07) is 3.91. The zero-order valence-corrected chi connectivity index (χ0v) is 10.6. The van der Waals surface area contributed by atoms with Crippen molar-refractivity contribution in [3.63, 3.8) is 0 Å². The molecule has 0 bridgehead atoms. The van der Waals surface area contributed by atoms with Gasteiger partial charge in [0.25, 0.3) is 0 Å². The van der Waals surface area contributed by atoms with Crippen LogP contribution in [0.1, 0.15) is 18.7 Å². The van der Waals surface area contributed by atoms with Gasteiger partial charge in [-0.25, -0.2) is 9.97 Å². The summed E-state index contributed by atoms with van der Waals surface area (Å²) < 4.78 is 7.53. The van der Waals surface area contributed by atoms with E-state index in [4.69, 9.17) is 15.5 Å². The van der Waals surface area contributed by atoms with Gasteiger partial charge in [-0.15, -0.1) is 0 Å². The predicted molar refractivity (Wildman–Crippen MR) is 69.3 cm³/mol. The van der Waals surface area contributed by atoms with Crippen LogP contribution in [0.4, 0.5) is 0 Å². The molecule has 0 amide bonds. The lowest BCUT2D eigenvalue weighted by Gasteiger charge is -2.35. The van der Waals surface area contributed by atoms with Gasteiger partial charge < -0.3 is 15.0 Å². The Kier molecular flexibility index (Phi) is 2.80. The average molecular weight is 246 g/mol. The van der Waals surface area contributed by atoms with E-state index >= 15 is 0 Å². The SMILES string of the molecule is Cn1c(C2(CN)CCOCC2)nc2cccnc21. The molecule has 2 N–H and O–H groups in total. The first-order valence-electron chi connectivity index (χ1n) is 6.33. The number of hydrogen-bond donors (Lipinski definition) is 1. The normalized spacial score (nSPS) is 19.2. The third kappa shape index (κ3) is 1.62. The molecule has 0 aromatic carbocycles. The highest BCUT2D eigenvalue weighted by Crippen LogP contribution is 2.34. The molecule has 1 aliphatic heterocycles. The molecule has 2 aromatic heterocycles. The standard InChI is InChI=1S/C13H18N4O/c1-17-11-10(3-2-6-15-11)16-12(17)13(9-14)4-7-18-8-5-13/h2-3,6H,4-5,7-9,14H2,1H3. The summed E-state index contributed by atoms with van der Waals surface area (Å²) in [6.07, 6.45) is 3.66. The fourth-order valence-corrected chi connectivity index (χ4v) is 2.78. The van der Waals surface area contributed by atoms with Gasteiger partial charge in [-0.3, -0.25) is 0 Å². The molecule has 18 heavy (non-hydrogen) atoms. The number of fused-ring (bicyclic) bond motifs is 1. The Bertz CT molecular complexity index is 557. The maximum Gasteiger partial charge on any atom is 0.159 e. The van der Waals surface area contributed by atoms with E-state index in [1.54, 1.807) is 6.20 Å². The zero-order chi connectivity index (χ0) is 12.6. The molecule has 0 radical (unpaired) electrons. The molecule has 3 heterocycles. The van der Waals surface area contributed by atoms with Crippen LogP contribution in [0.5, 0.6) is 0 Å². The Balaban J connectivity index is 2.14. The van der Waals surface area contributed by atoms with Gasteiger partial charge in [0.1, 0.15) is 11.3 Å². The van der Waals surface area contributed by atoms with Crippen molar-refractivity contribution in [3.05, 3.63) is 24.2 Å². The number of aryl methyl sites for hydroxylation is 1. The number of nitrogens with two attached hydrogens (primary N) is 1. The first kappa shape index (κ1) is 11.6. The van der Waals surface area contributed by atoms with Gasteiger partial charge in [-0.1, -0.05) is 0 Å². The smallest absolute Gasteiger partial charge is 0.159 e. The fraction of sp³-hybridized carbons (Fsp3) is 0.538. The van der Waals surface area contributed by atoms with Crippen LogP contribution < -0.4 is 5.73 Å². The average Bonchev–Trinajstić information content (AvgIpc) is 2.78. The highest BCUT2D eigenvalue weighted by atomic mass is 16.5. The topological polar surface area (TPSA) is 66.0 Å². The minimum absolute atomic E-state index is 0.0618. The summed E-state index contributed by atoms with van der Waals surface area (Å²) in [5.74, 6) is 1.04. The van der Waals surface area contributed by atoms with Gasteiger partial charge in [0.2, 0.25) is 0 Å². The number of imidazole rings is 1. The summed E-state index contributed by atoms with van der Waals surface area (Å²) >= 11 is 0. The second kappa shape index (κ2) is 4.33. The van der Waals surface area contributed by atoms with Crippen LogP contribution in [0.25, 0.3) is 11.2 Å². The maximum absolute atomic E-state index is 6.03. The molecule has 1 aliphatic rings. The number of pyridine rings is 1. The van der Waals surface area contributed by atoms with Crippen LogP contribution in [0.15, 0.2) is 18.3 Å². The van der Waals surface area contributed by atoms with Crippen LogP contribution in [0, 0.1) is 0 Å². The number of nitrogens with zero attached hydrogens (tertiary/aromatic N) is 3. The van der Waals surface area contributed by atoms with E-state index in [9.17, 15) is 0 Å². The minimum Gasteiger partial charge on any atom is -0.381 e. The summed E-state index contributed by atoms with van der Waals surface area (Å²) in [7, 11) is 2.02. The van der Waals surface area contributed by atoms with E-state index in [1.807, 2.05) is 19.2 Å². The highest BCUT2D eigenvalue weighted by molar-refractivity contribution is 5.71. The Morgan fingerprint density at radius 3 is 2.89 bits per heavy atom. The molecule has 5 heteroatoms. The molecular formula is C13H18N4O. The molecule has 1 saturated heterocycles. The predicted octanol–water partition coefficient (Wildman–Crippen LogP) is 0.975. The van der Waals surface area contributed by atoms with Crippen molar-refractivity contribution >= 4 is 11.2 Å². The van der Waals surface area contributed by atoms with Gasteiger partial charge in [0, 0.05) is 38.4 Å². The van der Waals surface area contributed by atoms with Crippen molar-refractivity contribution in [2.75, 3.05) is 19.8 Å². The Hall–Kier alpha value is -1.46. The van der Waals surface area contributed by atoms with Crippen molar-refractivity contribution in [3.8, 4) is 0 Å². The number of rotatable bonds is 2. The quantitative estimate of drug-likeness (QED) is 0.857. The van der Waals surface area contributed by atoms with E-state index < -0.39 is 0 Å². The van der Waals surface area contributed by atoms with Crippen LogP contribution in [0.2, 0.25) is 0 Å². The summed E-state index contributed by atoms with van der Waals surface area (Å²) in [5, 5.41) is 0. The van der Waals surface area contributed by atoms with E-state index in [2.05, 4.69) is 9.55 Å². The Morgan fingerprint density at radius 1 is 1.44 bits per heavy atom. The number of ether oxygens (including phenoxy) is 1. The molecule has 0 aliphatic carbocycles. The Morgan fingerprint density at radius 2 is 2.22 bits per heavy atom.